The van der Waals surface area contributed by atoms with Gasteiger partial charge in [0, 0.05) is 6.54 Å². The van der Waals surface area contributed by atoms with Gasteiger partial charge in [-0.3, -0.25) is 9.36 Å². The van der Waals surface area contributed by atoms with Crippen LogP contribution in [-0.4, -0.2) is 56.5 Å². The Kier molecular flexibility index (Phi) is 10.6. The largest absolute Gasteiger partial charge is 0.353 e. The third-order valence-corrected chi connectivity index (χ3v) is 6.94. The van der Waals surface area contributed by atoms with Gasteiger partial charge in [0.2, 0.25) is 13.5 Å². The van der Waals surface area contributed by atoms with E-state index in [1.165, 1.54) is 4.90 Å². The molecule has 2 fully saturated rings. The summed E-state index contributed by atoms with van der Waals surface area (Å²) in [4.78, 5) is 14.3. The van der Waals surface area contributed by atoms with E-state index in [0.717, 1.165) is 19.4 Å². The van der Waals surface area contributed by atoms with Crippen molar-refractivity contribution in [3.8, 4) is 0 Å². The number of hydrogen-bond acceptors (Lipinski definition) is 5. The Morgan fingerprint density at radius 3 is 2.04 bits per heavy atom. The van der Waals surface area contributed by atoms with E-state index in [4.69, 9.17) is 78.7 Å². The molecule has 160 valence electrons. The molecule has 0 radical (unpaired) electrons. The van der Waals surface area contributed by atoms with Gasteiger partial charge in [0.05, 0.1) is 6.04 Å². The molecule has 27 heavy (non-hydrogen) atoms. The molecule has 2 rings (SSSR count). The highest BCUT2D eigenvalue weighted by Crippen LogP contribution is 2.59. The first-order chi connectivity index (χ1) is 11.9. The topological polar surface area (TPSA) is 67.9 Å². The Labute approximate surface area is 194 Å². The summed E-state index contributed by atoms with van der Waals surface area (Å²) in [6, 6.07) is -0.314. The van der Waals surface area contributed by atoms with E-state index < -0.39 is 34.2 Å². The van der Waals surface area contributed by atoms with E-state index >= 15 is 0 Å². The average Bonchev–Trinajstić information content (AvgIpc) is 3.20. The molecule has 0 aromatic heterocycles. The fourth-order valence-corrected chi connectivity index (χ4v) is 5.99. The zero-order chi connectivity index (χ0) is 19.6. The number of nitrogens with one attached hydrogen (secondary N) is 1. The van der Waals surface area contributed by atoms with Crippen LogP contribution in [0.25, 0.3) is 0 Å². The minimum absolute atomic E-state index is 0. The third-order valence-electron chi connectivity index (χ3n) is 4.04. The van der Waals surface area contributed by atoms with Crippen molar-refractivity contribution in [2.45, 2.75) is 45.1 Å². The van der Waals surface area contributed by atoms with Gasteiger partial charge in [-0.1, -0.05) is 69.6 Å². The van der Waals surface area contributed by atoms with Gasteiger partial charge in [0.25, 0.3) is 0 Å². The standard InChI is InChI=1S/C13H19Cl6N2O4P.ClH/c14-12(15,16)7-24-26(23,25-8-13(17,18)19)10-4-2-6-21(10)11(22)9-3-1-5-20-9;/h9-10,20H,1-8H2;1H. The second-order valence-electron chi connectivity index (χ2n) is 6.12. The molecule has 2 aliphatic rings. The van der Waals surface area contributed by atoms with E-state index in [1.807, 2.05) is 0 Å². The summed E-state index contributed by atoms with van der Waals surface area (Å²) in [6.07, 6.45) is 2.67. The Morgan fingerprint density at radius 1 is 1.04 bits per heavy atom. The smallest absolute Gasteiger partial charge is 0.327 e. The molecule has 2 heterocycles. The van der Waals surface area contributed by atoms with Crippen molar-refractivity contribution in [3.05, 3.63) is 0 Å². The van der Waals surface area contributed by atoms with Crippen LogP contribution in [0.15, 0.2) is 0 Å². The number of alkyl halides is 6. The molecule has 0 aromatic rings. The number of amides is 1. The highest BCUT2D eigenvalue weighted by atomic mass is 35.6. The summed E-state index contributed by atoms with van der Waals surface area (Å²) in [5, 5.41) is 3.13. The quantitative estimate of drug-likeness (QED) is 0.372. The van der Waals surface area contributed by atoms with Gasteiger partial charge in [-0.2, -0.15) is 0 Å². The highest BCUT2D eigenvalue weighted by Gasteiger charge is 2.48. The van der Waals surface area contributed by atoms with Gasteiger partial charge in [-0.05, 0) is 32.2 Å². The lowest BCUT2D eigenvalue weighted by molar-refractivity contribution is -0.133. The van der Waals surface area contributed by atoms with Crippen LogP contribution in [0.1, 0.15) is 25.7 Å². The second kappa shape index (κ2) is 10.8. The lowest BCUT2D eigenvalue weighted by atomic mass is 10.2. The number of nitrogens with zero attached hydrogens (tertiary/aromatic N) is 1. The molecule has 0 bridgehead atoms. The van der Waals surface area contributed by atoms with Gasteiger partial charge < -0.3 is 19.3 Å². The normalized spacial score (nSPS) is 24.1. The zero-order valence-corrected chi connectivity index (χ0v) is 20.3. The van der Waals surface area contributed by atoms with Crippen LogP contribution >= 0.6 is 89.6 Å². The molecular weight excluding hydrogens is 527 g/mol. The van der Waals surface area contributed by atoms with Gasteiger partial charge in [0.15, 0.2) is 0 Å². The third kappa shape index (κ3) is 8.34. The molecule has 0 aliphatic carbocycles. The number of carbonyl (C=O) groups excluding carboxylic acids is 1. The fraction of sp³-hybridized carbons (Fsp3) is 0.923. The Morgan fingerprint density at radius 2 is 1.59 bits per heavy atom. The molecule has 0 saturated carbocycles. The molecule has 1 N–H and O–H groups in total. The first-order valence-electron chi connectivity index (χ1n) is 7.97. The Balaban J connectivity index is 0.00000364. The lowest BCUT2D eigenvalue weighted by Crippen LogP contribution is -2.46. The summed E-state index contributed by atoms with van der Waals surface area (Å²) in [7, 11) is -3.94. The van der Waals surface area contributed by atoms with Crippen molar-refractivity contribution in [1.29, 1.82) is 0 Å². The van der Waals surface area contributed by atoms with Crippen molar-refractivity contribution < 1.29 is 18.4 Å². The highest BCUT2D eigenvalue weighted by molar-refractivity contribution is 7.54. The number of rotatable bonds is 6. The Hall–Kier alpha value is 1.61. The summed E-state index contributed by atoms with van der Waals surface area (Å²) in [5.41, 5.74) is 0. The van der Waals surface area contributed by atoms with Crippen LogP contribution in [0.2, 0.25) is 0 Å². The molecule has 1 amide bonds. The SMILES string of the molecule is Cl.O=C(C1CCCN1)N1CCCC1P(=O)(OCC(Cl)(Cl)Cl)OCC(Cl)(Cl)Cl. The van der Waals surface area contributed by atoms with Crippen molar-refractivity contribution in [2.75, 3.05) is 26.3 Å². The van der Waals surface area contributed by atoms with E-state index in [0.29, 0.717) is 19.4 Å². The van der Waals surface area contributed by atoms with Gasteiger partial charge in [0.1, 0.15) is 19.0 Å². The number of likely N-dealkylation sites (tertiary alicyclic amines) is 1. The first kappa shape index (κ1) is 26.6. The fourth-order valence-electron chi connectivity index (χ4n) is 2.97. The zero-order valence-electron chi connectivity index (χ0n) is 14.0. The van der Waals surface area contributed by atoms with E-state index in [9.17, 15) is 9.36 Å². The van der Waals surface area contributed by atoms with Crippen molar-refractivity contribution in [2.24, 2.45) is 0 Å². The molecule has 14 heteroatoms. The van der Waals surface area contributed by atoms with Crippen LogP contribution in [0.3, 0.4) is 0 Å². The molecule has 2 atom stereocenters. The van der Waals surface area contributed by atoms with Crippen LogP contribution in [0, 0.1) is 0 Å². The average molecular weight is 547 g/mol. The molecule has 2 saturated heterocycles. The van der Waals surface area contributed by atoms with E-state index in [-0.39, 0.29) is 24.4 Å². The second-order valence-corrected chi connectivity index (χ2v) is 13.3. The first-order valence-corrected chi connectivity index (χ1v) is 11.9. The van der Waals surface area contributed by atoms with Crippen LogP contribution < -0.4 is 5.32 Å². The summed E-state index contributed by atoms with van der Waals surface area (Å²) in [5.74, 6) is -0.975. The Bertz CT molecular complexity index is 530. The maximum Gasteiger partial charge on any atom is 0.353 e. The monoisotopic (exact) mass is 544 g/mol. The van der Waals surface area contributed by atoms with Gasteiger partial charge in [-0.25, -0.2) is 0 Å². The lowest BCUT2D eigenvalue weighted by Gasteiger charge is -2.33. The molecule has 6 nitrogen and oxygen atoms in total. The van der Waals surface area contributed by atoms with Crippen LogP contribution in [0.5, 0.6) is 0 Å². The van der Waals surface area contributed by atoms with Gasteiger partial charge in [-0.15, -0.1) is 12.4 Å². The van der Waals surface area contributed by atoms with Crippen LogP contribution in [-0.2, 0) is 18.4 Å². The molecular formula is C13H20Cl7N2O4P. The molecule has 2 unspecified atom stereocenters. The molecule has 0 aromatic carbocycles. The summed E-state index contributed by atoms with van der Waals surface area (Å²) >= 11 is 34.2. The maximum absolute atomic E-state index is 13.4. The van der Waals surface area contributed by atoms with Gasteiger partial charge >= 0.3 is 7.60 Å². The number of carbonyl (C=O) groups is 1. The number of hydrogen-bond donors (Lipinski definition) is 1. The maximum atomic E-state index is 13.4. The minimum Gasteiger partial charge on any atom is -0.327 e. The molecule has 0 spiro atoms. The van der Waals surface area contributed by atoms with E-state index in [2.05, 4.69) is 5.32 Å². The minimum atomic E-state index is -3.94. The number of halogens is 7. The van der Waals surface area contributed by atoms with Crippen molar-refractivity contribution in [1.82, 2.24) is 10.2 Å². The summed E-state index contributed by atoms with van der Waals surface area (Å²) in [6.45, 7) is 0.212. The predicted molar refractivity (Wildman–Crippen MR) is 113 cm³/mol. The summed E-state index contributed by atoms with van der Waals surface area (Å²) < 4.78 is 20.5. The van der Waals surface area contributed by atoms with Crippen LogP contribution in [0.4, 0.5) is 0 Å². The predicted octanol–water partition coefficient (Wildman–Crippen LogP) is 5.08. The van der Waals surface area contributed by atoms with Crippen molar-refractivity contribution >= 4 is 95.5 Å². The molecule has 2 aliphatic heterocycles. The van der Waals surface area contributed by atoms with Crippen molar-refractivity contribution in [3.63, 3.8) is 0 Å². The van der Waals surface area contributed by atoms with E-state index in [1.54, 1.807) is 0 Å².